The van der Waals surface area contributed by atoms with Crippen molar-refractivity contribution in [2.24, 2.45) is 5.41 Å². The third-order valence-corrected chi connectivity index (χ3v) is 3.29. The Morgan fingerprint density at radius 2 is 1.74 bits per heavy atom. The van der Waals surface area contributed by atoms with E-state index in [2.05, 4.69) is 38.2 Å². The molecule has 0 radical (unpaired) electrons. The minimum Gasteiger partial charge on any atom is -0.497 e. The molecule has 2 atom stereocenters. The van der Waals surface area contributed by atoms with Gasteiger partial charge >= 0.3 is 0 Å². The van der Waals surface area contributed by atoms with Crippen LogP contribution in [0.4, 0.5) is 0 Å². The highest BCUT2D eigenvalue weighted by molar-refractivity contribution is 5.30. The van der Waals surface area contributed by atoms with Crippen LogP contribution in [0.5, 0.6) is 5.75 Å². The van der Waals surface area contributed by atoms with Gasteiger partial charge in [0.15, 0.2) is 0 Å². The molecule has 1 aromatic carbocycles. The van der Waals surface area contributed by atoms with E-state index in [-0.39, 0.29) is 17.6 Å². The number of hydrogen-bond acceptors (Lipinski definition) is 3. The van der Waals surface area contributed by atoms with E-state index >= 15 is 0 Å². The first kappa shape index (κ1) is 16.0. The van der Waals surface area contributed by atoms with Gasteiger partial charge in [-0.05, 0) is 37.1 Å². The van der Waals surface area contributed by atoms with Crippen molar-refractivity contribution in [2.75, 3.05) is 20.8 Å². The molecule has 2 unspecified atom stereocenters. The highest BCUT2D eigenvalue weighted by atomic mass is 16.5. The van der Waals surface area contributed by atoms with E-state index in [9.17, 15) is 0 Å². The Labute approximate surface area is 117 Å². The maximum absolute atomic E-state index is 5.98. The van der Waals surface area contributed by atoms with Gasteiger partial charge in [-0.1, -0.05) is 32.9 Å². The average molecular weight is 265 g/mol. The van der Waals surface area contributed by atoms with Crippen LogP contribution in [0.15, 0.2) is 24.3 Å². The lowest BCUT2D eigenvalue weighted by atomic mass is 9.82. The molecule has 0 saturated carbocycles. The topological polar surface area (TPSA) is 30.5 Å². The van der Waals surface area contributed by atoms with Crippen molar-refractivity contribution in [3.63, 3.8) is 0 Å². The normalized spacial score (nSPS) is 15.1. The highest BCUT2D eigenvalue weighted by Gasteiger charge is 2.33. The predicted molar refractivity (Wildman–Crippen MR) is 79.7 cm³/mol. The van der Waals surface area contributed by atoms with E-state index in [1.807, 2.05) is 26.1 Å². The van der Waals surface area contributed by atoms with Gasteiger partial charge in [0.2, 0.25) is 0 Å². The van der Waals surface area contributed by atoms with E-state index in [4.69, 9.17) is 9.47 Å². The van der Waals surface area contributed by atoms with Crippen molar-refractivity contribution in [3.05, 3.63) is 29.8 Å². The fourth-order valence-corrected chi connectivity index (χ4v) is 2.33. The molecule has 3 nitrogen and oxygen atoms in total. The number of methoxy groups -OCH3 is 1. The second-order valence-electron chi connectivity index (χ2n) is 5.78. The molecule has 0 aromatic heterocycles. The smallest absolute Gasteiger partial charge is 0.118 e. The zero-order chi connectivity index (χ0) is 14.5. The molecule has 1 rings (SSSR count). The summed E-state index contributed by atoms with van der Waals surface area (Å²) in [6.45, 7) is 9.39. The Kier molecular flexibility index (Phi) is 5.83. The lowest BCUT2D eigenvalue weighted by molar-refractivity contribution is -0.0350. The summed E-state index contributed by atoms with van der Waals surface area (Å²) in [6.07, 6.45) is 0.121. The molecular formula is C16H27NO2. The maximum Gasteiger partial charge on any atom is 0.118 e. The molecule has 1 N–H and O–H groups in total. The summed E-state index contributed by atoms with van der Waals surface area (Å²) in [5, 5.41) is 3.38. The van der Waals surface area contributed by atoms with Gasteiger partial charge in [-0.25, -0.2) is 0 Å². The summed E-state index contributed by atoms with van der Waals surface area (Å²) in [5.74, 6) is 0.877. The van der Waals surface area contributed by atoms with Crippen molar-refractivity contribution in [2.45, 2.75) is 39.8 Å². The van der Waals surface area contributed by atoms with Crippen LogP contribution in [-0.2, 0) is 4.74 Å². The summed E-state index contributed by atoms with van der Waals surface area (Å²) in [6, 6.07) is 8.34. The molecule has 0 bridgehead atoms. The minimum atomic E-state index is 0.0730. The zero-order valence-electron chi connectivity index (χ0n) is 13.0. The Morgan fingerprint density at radius 1 is 1.16 bits per heavy atom. The second-order valence-corrected chi connectivity index (χ2v) is 5.78. The first-order valence-corrected chi connectivity index (χ1v) is 6.86. The average Bonchev–Trinajstić information content (AvgIpc) is 2.38. The summed E-state index contributed by atoms with van der Waals surface area (Å²) in [4.78, 5) is 0. The second kappa shape index (κ2) is 6.92. The fraction of sp³-hybridized carbons (Fsp3) is 0.625. The van der Waals surface area contributed by atoms with Crippen LogP contribution in [0.3, 0.4) is 0 Å². The van der Waals surface area contributed by atoms with Crippen LogP contribution in [0.1, 0.15) is 39.3 Å². The van der Waals surface area contributed by atoms with Gasteiger partial charge in [0.05, 0.1) is 19.3 Å². The summed E-state index contributed by atoms with van der Waals surface area (Å²) in [5.41, 5.74) is 1.29. The van der Waals surface area contributed by atoms with E-state index in [0.717, 1.165) is 12.4 Å². The summed E-state index contributed by atoms with van der Waals surface area (Å²) in [7, 11) is 3.66. The van der Waals surface area contributed by atoms with Gasteiger partial charge in [-0.15, -0.1) is 0 Å². The van der Waals surface area contributed by atoms with Crippen LogP contribution in [0.25, 0.3) is 0 Å². The van der Waals surface area contributed by atoms with Crippen molar-refractivity contribution >= 4 is 0 Å². The molecule has 0 aliphatic rings. The van der Waals surface area contributed by atoms with E-state index in [1.54, 1.807) is 7.11 Å². The van der Waals surface area contributed by atoms with Crippen LogP contribution in [0.2, 0.25) is 0 Å². The molecule has 108 valence electrons. The molecule has 0 fully saturated rings. The quantitative estimate of drug-likeness (QED) is 0.855. The molecule has 1 aromatic rings. The van der Waals surface area contributed by atoms with E-state index in [0.29, 0.717) is 0 Å². The fourth-order valence-electron chi connectivity index (χ4n) is 2.33. The maximum atomic E-state index is 5.98. The number of benzene rings is 1. The van der Waals surface area contributed by atoms with Gasteiger partial charge in [-0.3, -0.25) is 0 Å². The Balaban J connectivity index is 3.01. The third kappa shape index (κ3) is 4.22. The third-order valence-electron chi connectivity index (χ3n) is 3.29. The SMILES string of the molecule is CCOC(C(NC)c1ccc(OC)cc1)C(C)(C)C. The van der Waals surface area contributed by atoms with Crippen molar-refractivity contribution in [1.29, 1.82) is 0 Å². The zero-order valence-corrected chi connectivity index (χ0v) is 13.0. The summed E-state index contributed by atoms with van der Waals surface area (Å²) >= 11 is 0. The lowest BCUT2D eigenvalue weighted by Crippen LogP contribution is -2.41. The number of rotatable bonds is 6. The molecule has 0 spiro atoms. The summed E-state index contributed by atoms with van der Waals surface area (Å²) < 4.78 is 11.2. The Hall–Kier alpha value is -1.06. The first-order valence-electron chi connectivity index (χ1n) is 6.86. The van der Waals surface area contributed by atoms with Gasteiger partial charge in [-0.2, -0.15) is 0 Å². The molecule has 3 heteroatoms. The van der Waals surface area contributed by atoms with Crippen LogP contribution in [0, 0.1) is 5.41 Å². The van der Waals surface area contributed by atoms with E-state index in [1.165, 1.54) is 5.56 Å². The number of ether oxygens (including phenoxy) is 2. The largest absolute Gasteiger partial charge is 0.497 e. The van der Waals surface area contributed by atoms with Gasteiger partial charge < -0.3 is 14.8 Å². The molecular weight excluding hydrogens is 238 g/mol. The molecule has 0 saturated heterocycles. The van der Waals surface area contributed by atoms with Gasteiger partial charge in [0.1, 0.15) is 5.75 Å². The van der Waals surface area contributed by atoms with Crippen LogP contribution >= 0.6 is 0 Å². The molecule has 0 aliphatic heterocycles. The highest BCUT2D eigenvalue weighted by Crippen LogP contribution is 2.33. The lowest BCUT2D eigenvalue weighted by Gasteiger charge is -2.37. The van der Waals surface area contributed by atoms with Gasteiger partial charge in [0, 0.05) is 6.61 Å². The van der Waals surface area contributed by atoms with Crippen molar-refractivity contribution in [3.8, 4) is 5.75 Å². The molecule has 0 heterocycles. The first-order chi connectivity index (χ1) is 8.93. The predicted octanol–water partition coefficient (Wildman–Crippen LogP) is 3.41. The molecule has 0 amide bonds. The minimum absolute atomic E-state index is 0.0730. The van der Waals surface area contributed by atoms with Crippen molar-refractivity contribution in [1.82, 2.24) is 5.32 Å². The number of hydrogen-bond donors (Lipinski definition) is 1. The Morgan fingerprint density at radius 3 is 2.11 bits per heavy atom. The monoisotopic (exact) mass is 265 g/mol. The van der Waals surface area contributed by atoms with Crippen LogP contribution < -0.4 is 10.1 Å². The molecule has 0 aliphatic carbocycles. The van der Waals surface area contributed by atoms with Crippen molar-refractivity contribution < 1.29 is 9.47 Å². The molecule has 19 heavy (non-hydrogen) atoms. The standard InChI is InChI=1S/C16H27NO2/c1-7-19-15(16(2,3)4)14(17-5)12-8-10-13(18-6)11-9-12/h8-11,14-15,17H,7H2,1-6H3. The van der Waals surface area contributed by atoms with Crippen LogP contribution in [-0.4, -0.2) is 26.9 Å². The number of nitrogens with one attached hydrogen (secondary N) is 1. The van der Waals surface area contributed by atoms with E-state index < -0.39 is 0 Å². The number of likely N-dealkylation sites (N-methyl/N-ethyl adjacent to an activating group) is 1. The van der Waals surface area contributed by atoms with Gasteiger partial charge in [0.25, 0.3) is 0 Å². The Bertz CT molecular complexity index is 367.